The van der Waals surface area contributed by atoms with E-state index in [1.807, 2.05) is 24.1 Å². The fourth-order valence-electron chi connectivity index (χ4n) is 2.84. The standard InChI is InChI=1S/C19H21FN4O2S/c1-4-23(5-2)19-22-15-8-9-27-17(15)18(26)24(19)11-16(25)21-13-7-6-12(3)14(20)10-13/h6-10H,4-5,11H2,1-3H3,(H,21,25). The molecule has 1 aromatic carbocycles. The zero-order chi connectivity index (χ0) is 19.6. The van der Waals surface area contributed by atoms with Gasteiger partial charge in [0.05, 0.1) is 5.52 Å². The average molecular weight is 388 g/mol. The third-order valence-corrected chi connectivity index (χ3v) is 5.24. The molecule has 0 fully saturated rings. The summed E-state index contributed by atoms with van der Waals surface area (Å²) in [4.78, 5) is 31.9. The number of rotatable bonds is 6. The van der Waals surface area contributed by atoms with Crippen molar-refractivity contribution in [3.8, 4) is 0 Å². The Morgan fingerprint density at radius 2 is 2.04 bits per heavy atom. The van der Waals surface area contributed by atoms with Crippen molar-refractivity contribution in [3.05, 3.63) is 51.4 Å². The Hall–Kier alpha value is -2.74. The van der Waals surface area contributed by atoms with Gasteiger partial charge >= 0.3 is 0 Å². The van der Waals surface area contributed by atoms with Crippen LogP contribution >= 0.6 is 11.3 Å². The molecule has 2 heterocycles. The number of anilines is 2. The SMILES string of the molecule is CCN(CC)c1nc2ccsc2c(=O)n1CC(=O)Nc1ccc(C)c(F)c1. The second kappa shape index (κ2) is 7.87. The highest BCUT2D eigenvalue weighted by molar-refractivity contribution is 7.17. The number of aryl methyl sites for hydroxylation is 1. The summed E-state index contributed by atoms with van der Waals surface area (Å²) < 4.78 is 15.6. The first-order valence-corrected chi connectivity index (χ1v) is 9.61. The van der Waals surface area contributed by atoms with E-state index in [2.05, 4.69) is 10.3 Å². The second-order valence-electron chi connectivity index (χ2n) is 6.12. The van der Waals surface area contributed by atoms with Gasteiger partial charge in [-0.15, -0.1) is 11.3 Å². The molecule has 3 rings (SSSR count). The lowest BCUT2D eigenvalue weighted by molar-refractivity contribution is -0.116. The molecule has 0 aliphatic heterocycles. The van der Waals surface area contributed by atoms with E-state index in [-0.39, 0.29) is 12.1 Å². The fourth-order valence-corrected chi connectivity index (χ4v) is 3.62. The van der Waals surface area contributed by atoms with Gasteiger partial charge in [-0.25, -0.2) is 9.37 Å². The number of aromatic nitrogens is 2. The molecule has 3 aromatic rings. The predicted molar refractivity (Wildman–Crippen MR) is 107 cm³/mol. The molecule has 1 amide bonds. The summed E-state index contributed by atoms with van der Waals surface area (Å²) in [5.74, 6) is -0.344. The molecule has 0 unspecified atom stereocenters. The minimum Gasteiger partial charge on any atom is -0.343 e. The van der Waals surface area contributed by atoms with E-state index in [1.54, 1.807) is 25.1 Å². The molecule has 27 heavy (non-hydrogen) atoms. The van der Waals surface area contributed by atoms with Gasteiger partial charge in [-0.3, -0.25) is 14.2 Å². The third-order valence-electron chi connectivity index (χ3n) is 4.35. The van der Waals surface area contributed by atoms with Crippen LogP contribution in [-0.4, -0.2) is 28.5 Å². The number of thiophene rings is 1. The first-order chi connectivity index (χ1) is 12.9. The normalized spacial score (nSPS) is 11.0. The van der Waals surface area contributed by atoms with Crippen LogP contribution in [0.15, 0.2) is 34.4 Å². The van der Waals surface area contributed by atoms with Crippen LogP contribution in [0, 0.1) is 12.7 Å². The molecule has 0 atom stereocenters. The summed E-state index contributed by atoms with van der Waals surface area (Å²) in [6, 6.07) is 6.29. The van der Waals surface area contributed by atoms with Crippen molar-refractivity contribution in [2.45, 2.75) is 27.3 Å². The molecule has 0 radical (unpaired) electrons. The highest BCUT2D eigenvalue weighted by Gasteiger charge is 2.18. The number of hydrogen-bond acceptors (Lipinski definition) is 5. The van der Waals surface area contributed by atoms with E-state index in [1.165, 1.54) is 22.0 Å². The van der Waals surface area contributed by atoms with Gasteiger partial charge in [-0.1, -0.05) is 6.07 Å². The molecule has 0 aliphatic rings. The third kappa shape index (κ3) is 3.85. The number of halogens is 1. The van der Waals surface area contributed by atoms with Crippen molar-refractivity contribution in [1.82, 2.24) is 9.55 Å². The maximum atomic E-state index is 13.7. The summed E-state index contributed by atoms with van der Waals surface area (Å²) >= 11 is 1.30. The van der Waals surface area contributed by atoms with Crippen molar-refractivity contribution in [2.24, 2.45) is 0 Å². The zero-order valence-corrected chi connectivity index (χ0v) is 16.3. The molecule has 0 spiro atoms. The van der Waals surface area contributed by atoms with Crippen LogP contribution in [0.1, 0.15) is 19.4 Å². The maximum Gasteiger partial charge on any atom is 0.273 e. The number of amides is 1. The first kappa shape index (κ1) is 19.0. The summed E-state index contributed by atoms with van der Waals surface area (Å²) in [5.41, 5.74) is 1.23. The van der Waals surface area contributed by atoms with Gasteiger partial charge in [0.1, 0.15) is 17.1 Å². The van der Waals surface area contributed by atoms with Crippen LogP contribution in [-0.2, 0) is 11.3 Å². The smallest absolute Gasteiger partial charge is 0.273 e. The van der Waals surface area contributed by atoms with Crippen molar-refractivity contribution in [1.29, 1.82) is 0 Å². The van der Waals surface area contributed by atoms with Gasteiger partial charge in [-0.05, 0) is 49.9 Å². The summed E-state index contributed by atoms with van der Waals surface area (Å²) in [5, 5.41) is 4.46. The molecule has 0 bridgehead atoms. The molecule has 0 saturated carbocycles. The maximum absolute atomic E-state index is 13.7. The fraction of sp³-hybridized carbons (Fsp3) is 0.316. The Labute approximate surface area is 160 Å². The second-order valence-corrected chi connectivity index (χ2v) is 7.04. The summed E-state index contributed by atoms with van der Waals surface area (Å²) in [6.07, 6.45) is 0. The highest BCUT2D eigenvalue weighted by atomic mass is 32.1. The molecule has 2 aromatic heterocycles. The monoisotopic (exact) mass is 388 g/mol. The lowest BCUT2D eigenvalue weighted by atomic mass is 10.2. The van der Waals surface area contributed by atoms with E-state index in [0.717, 1.165) is 0 Å². The van der Waals surface area contributed by atoms with Gasteiger partial charge in [-0.2, -0.15) is 0 Å². The van der Waals surface area contributed by atoms with Crippen LogP contribution in [0.4, 0.5) is 16.0 Å². The minimum atomic E-state index is -0.411. The number of benzene rings is 1. The number of carbonyl (C=O) groups is 1. The number of fused-ring (bicyclic) bond motifs is 1. The summed E-state index contributed by atoms with van der Waals surface area (Å²) in [6.45, 7) is 6.70. The number of hydrogen-bond donors (Lipinski definition) is 1. The van der Waals surface area contributed by atoms with Crippen LogP contribution in [0.2, 0.25) is 0 Å². The molecular weight excluding hydrogens is 367 g/mol. The molecule has 8 heteroatoms. The predicted octanol–water partition coefficient (Wildman–Crippen LogP) is 3.39. The van der Waals surface area contributed by atoms with E-state index in [4.69, 9.17) is 0 Å². The number of nitrogens with one attached hydrogen (secondary N) is 1. The Bertz CT molecular complexity index is 1040. The van der Waals surface area contributed by atoms with Gasteiger partial charge in [0.2, 0.25) is 11.9 Å². The minimum absolute atomic E-state index is 0.193. The Morgan fingerprint density at radius 1 is 1.30 bits per heavy atom. The first-order valence-electron chi connectivity index (χ1n) is 8.73. The van der Waals surface area contributed by atoms with Crippen molar-refractivity contribution >= 4 is 39.1 Å². The lowest BCUT2D eigenvalue weighted by Crippen LogP contribution is -2.35. The molecule has 0 saturated heterocycles. The molecular formula is C19H21FN4O2S. The van der Waals surface area contributed by atoms with E-state index in [0.29, 0.717) is 40.5 Å². The van der Waals surface area contributed by atoms with Gasteiger partial charge in [0.15, 0.2) is 0 Å². The van der Waals surface area contributed by atoms with Gasteiger partial charge in [0, 0.05) is 18.8 Å². The van der Waals surface area contributed by atoms with Gasteiger partial charge < -0.3 is 10.2 Å². The van der Waals surface area contributed by atoms with Crippen molar-refractivity contribution in [2.75, 3.05) is 23.3 Å². The van der Waals surface area contributed by atoms with E-state index in [9.17, 15) is 14.0 Å². The summed E-state index contributed by atoms with van der Waals surface area (Å²) in [7, 11) is 0. The van der Waals surface area contributed by atoms with E-state index < -0.39 is 11.7 Å². The highest BCUT2D eigenvalue weighted by Crippen LogP contribution is 2.20. The van der Waals surface area contributed by atoms with Crippen molar-refractivity contribution in [3.63, 3.8) is 0 Å². The molecule has 6 nitrogen and oxygen atoms in total. The van der Waals surface area contributed by atoms with Crippen LogP contribution < -0.4 is 15.8 Å². The van der Waals surface area contributed by atoms with E-state index >= 15 is 0 Å². The molecule has 1 N–H and O–H groups in total. The Kier molecular flexibility index (Phi) is 5.55. The topological polar surface area (TPSA) is 67.2 Å². The average Bonchev–Trinajstić information content (AvgIpc) is 3.11. The number of nitrogens with zero attached hydrogens (tertiary/aromatic N) is 3. The zero-order valence-electron chi connectivity index (χ0n) is 15.5. The van der Waals surface area contributed by atoms with Gasteiger partial charge in [0.25, 0.3) is 5.56 Å². The van der Waals surface area contributed by atoms with Crippen molar-refractivity contribution < 1.29 is 9.18 Å². The van der Waals surface area contributed by atoms with Crippen LogP contribution in [0.25, 0.3) is 10.2 Å². The quantitative estimate of drug-likeness (QED) is 0.703. The lowest BCUT2D eigenvalue weighted by Gasteiger charge is -2.23. The molecule has 0 aliphatic carbocycles. The Balaban J connectivity index is 1.95. The largest absolute Gasteiger partial charge is 0.343 e. The molecule has 142 valence electrons. The van der Waals surface area contributed by atoms with Crippen LogP contribution in [0.5, 0.6) is 0 Å². The van der Waals surface area contributed by atoms with Crippen LogP contribution in [0.3, 0.4) is 0 Å². The Morgan fingerprint density at radius 3 is 2.70 bits per heavy atom. The number of carbonyl (C=O) groups excluding carboxylic acids is 1.